The Labute approximate surface area is 351 Å². The molecule has 0 saturated carbocycles. The van der Waals surface area contributed by atoms with Crippen LogP contribution < -0.4 is 15.4 Å². The van der Waals surface area contributed by atoms with Gasteiger partial charge in [0.15, 0.2) is 24.1 Å². The number of aryl methyl sites for hydroxylation is 1. The zero-order chi connectivity index (χ0) is 45.4. The highest BCUT2D eigenvalue weighted by Crippen LogP contribution is 2.57. The third kappa shape index (κ3) is 7.13. The van der Waals surface area contributed by atoms with Crippen LogP contribution in [0.4, 0.5) is 0 Å². The van der Waals surface area contributed by atoms with Crippen LogP contribution in [0.25, 0.3) is 11.1 Å². The number of aliphatic carboxylic acids is 1. The fourth-order valence-electron chi connectivity index (χ4n) is 8.58. The molecule has 2 fully saturated rings. The second kappa shape index (κ2) is 16.8. The smallest absolute Gasteiger partial charge is 0.325 e. The minimum atomic E-state index is -1.93. The summed E-state index contributed by atoms with van der Waals surface area (Å²) < 4.78 is 29.1. The number of methoxy groups -OCH3 is 1. The molecule has 1 unspecified atom stereocenters. The van der Waals surface area contributed by atoms with Crippen LogP contribution in [0.1, 0.15) is 84.9 Å². The first-order valence-electron chi connectivity index (χ1n) is 19.4. The molecule has 21 heteroatoms. The van der Waals surface area contributed by atoms with Crippen molar-refractivity contribution in [1.82, 2.24) is 10.6 Å². The fraction of sp³-hybridized carbons (Fsp3) is 0.463. The number of ketones is 2. The second-order valence-corrected chi connectivity index (χ2v) is 15.6. The van der Waals surface area contributed by atoms with Crippen molar-refractivity contribution in [2.24, 2.45) is 0 Å². The minimum Gasteiger partial charge on any atom is -0.507 e. The Balaban J connectivity index is 1.36. The molecule has 0 bridgehead atoms. The summed E-state index contributed by atoms with van der Waals surface area (Å²) in [5, 5.41) is 115. The molecule has 3 aromatic carbocycles. The molecule has 2 aliphatic heterocycles. The molecular formula is C41H46N2O19. The Morgan fingerprint density at radius 2 is 1.44 bits per heavy atom. The third-order valence-electron chi connectivity index (χ3n) is 11.8. The largest absolute Gasteiger partial charge is 0.507 e. The van der Waals surface area contributed by atoms with Crippen molar-refractivity contribution in [2.75, 3.05) is 20.8 Å². The van der Waals surface area contributed by atoms with Gasteiger partial charge in [-0.3, -0.25) is 19.2 Å². The number of likely N-dealkylation sites (N-methyl/N-ethyl adjacent to an activating group) is 1. The van der Waals surface area contributed by atoms with E-state index >= 15 is 0 Å². The van der Waals surface area contributed by atoms with Crippen molar-refractivity contribution in [3.63, 3.8) is 0 Å². The van der Waals surface area contributed by atoms with Gasteiger partial charge in [0.1, 0.15) is 77.9 Å². The first-order chi connectivity index (χ1) is 29.3. The number of nitrogens with one attached hydrogen (secondary N) is 2. The van der Waals surface area contributed by atoms with Crippen LogP contribution in [0, 0.1) is 6.92 Å². The summed E-state index contributed by atoms with van der Waals surface area (Å²) in [5.74, 6) is -6.74. The van der Waals surface area contributed by atoms with E-state index in [9.17, 15) is 70.2 Å². The second-order valence-electron chi connectivity index (χ2n) is 15.6. The maximum absolute atomic E-state index is 14.1. The van der Waals surface area contributed by atoms with Gasteiger partial charge in [-0.15, -0.1) is 0 Å². The highest BCUT2D eigenvalue weighted by molar-refractivity contribution is 6.31. The maximum Gasteiger partial charge on any atom is 0.325 e. The van der Waals surface area contributed by atoms with E-state index in [-0.39, 0.29) is 28.0 Å². The van der Waals surface area contributed by atoms with Crippen molar-refractivity contribution in [1.29, 1.82) is 0 Å². The van der Waals surface area contributed by atoms with Crippen LogP contribution in [0.3, 0.4) is 0 Å². The number of carboxylic acids is 1. The van der Waals surface area contributed by atoms with Gasteiger partial charge in [-0.25, -0.2) is 0 Å². The normalized spacial score (nSPS) is 30.7. The Kier molecular flexibility index (Phi) is 12.1. The predicted octanol–water partition coefficient (Wildman–Crippen LogP) is -1.25. The van der Waals surface area contributed by atoms with Gasteiger partial charge in [0.25, 0.3) is 5.91 Å². The molecule has 2 saturated heterocycles. The number of phenolic OH excluding ortho intramolecular Hbond substituents is 3. The van der Waals surface area contributed by atoms with Gasteiger partial charge >= 0.3 is 5.97 Å². The average Bonchev–Trinajstić information content (AvgIpc) is 3.22. The quantitative estimate of drug-likeness (QED) is 0.0886. The average molecular weight is 871 g/mol. The summed E-state index contributed by atoms with van der Waals surface area (Å²) in [7, 11) is 2.76. The summed E-state index contributed by atoms with van der Waals surface area (Å²) >= 11 is 0. The van der Waals surface area contributed by atoms with Crippen LogP contribution in [0.5, 0.6) is 23.0 Å². The number of aliphatic hydroxyl groups is 6. The summed E-state index contributed by atoms with van der Waals surface area (Å²) in [6, 6.07) is 2.30. The molecule has 13 atom stereocenters. The number of fused-ring (bicyclic) bond motifs is 5. The van der Waals surface area contributed by atoms with E-state index < -0.39 is 160 Å². The molecule has 0 spiro atoms. The van der Waals surface area contributed by atoms with Crippen molar-refractivity contribution in [3.8, 4) is 34.1 Å². The number of benzene rings is 3. The Morgan fingerprint density at radius 3 is 2.06 bits per heavy atom. The van der Waals surface area contributed by atoms with E-state index in [1.807, 2.05) is 0 Å². The summed E-state index contributed by atoms with van der Waals surface area (Å²) in [6.07, 6.45) is -18.0. The number of amides is 1. The van der Waals surface area contributed by atoms with Crippen LogP contribution in [0.2, 0.25) is 0 Å². The number of carbonyl (C=O) groups excluding carboxylic acids is 3. The monoisotopic (exact) mass is 870 g/mol. The standard InChI is InChI=1S/C41H46N2O19/c1-11-6-18-24(31(50)21(11)38(55)43-12(2)39(56)57)23-16(9-17-25(32(23)51)28(47)15-7-14(58-5)8-19(45)22(15)27(17)46)29(48)36(18)61-41-35(54)37(26(42-4)13(3)59-41)62-40-34(53)33(52)30(49)20(10-44)60-40/h6-9,12-13,20,26,29-30,33-37,40-42,44-45,48-54H,10H2,1-5H3,(H,43,55)(H,56,57)/t12?,13-,20+,26+,29+,30+,33-,34+,35-,36+,37+,40-,41+/m1/s1. The summed E-state index contributed by atoms with van der Waals surface area (Å²) in [6.45, 7) is 3.34. The molecule has 0 aromatic heterocycles. The molecule has 1 amide bonds. The fourth-order valence-corrected chi connectivity index (χ4v) is 8.58. The number of carbonyl (C=O) groups is 4. The zero-order valence-electron chi connectivity index (χ0n) is 33.7. The molecule has 0 radical (unpaired) electrons. The predicted molar refractivity (Wildman–Crippen MR) is 207 cm³/mol. The number of aromatic hydroxyl groups is 3. The van der Waals surface area contributed by atoms with Crippen LogP contribution >= 0.6 is 0 Å². The third-order valence-corrected chi connectivity index (χ3v) is 11.8. The molecule has 2 heterocycles. The lowest BCUT2D eigenvalue weighted by atomic mass is 9.74. The number of carboxylic acid groups (broad SMARTS) is 1. The Bertz CT molecular complexity index is 2330. The Hall–Kier alpha value is -5.30. The van der Waals surface area contributed by atoms with Crippen LogP contribution in [0.15, 0.2) is 24.3 Å². The number of hydrogen-bond acceptors (Lipinski definition) is 19. The van der Waals surface area contributed by atoms with Crippen molar-refractivity contribution in [3.05, 3.63) is 68.8 Å². The first-order valence-corrected chi connectivity index (χ1v) is 19.4. The number of aliphatic hydroxyl groups excluding tert-OH is 6. The van der Waals surface area contributed by atoms with Gasteiger partial charge < -0.3 is 85.4 Å². The first kappa shape index (κ1) is 44.7. The molecule has 4 aliphatic rings. The van der Waals surface area contributed by atoms with Crippen molar-refractivity contribution in [2.45, 2.75) is 100 Å². The van der Waals surface area contributed by atoms with Crippen LogP contribution in [-0.4, -0.2) is 163 Å². The minimum absolute atomic E-state index is 0.00623. The number of ether oxygens (including phenoxy) is 5. The summed E-state index contributed by atoms with van der Waals surface area (Å²) in [4.78, 5) is 53.4. The van der Waals surface area contributed by atoms with E-state index in [1.165, 1.54) is 40.1 Å². The lowest BCUT2D eigenvalue weighted by Crippen LogP contribution is -2.66. The molecule has 21 nitrogen and oxygen atoms in total. The molecule has 62 heavy (non-hydrogen) atoms. The van der Waals surface area contributed by atoms with Gasteiger partial charge in [-0.2, -0.15) is 0 Å². The van der Waals surface area contributed by atoms with Crippen molar-refractivity contribution < 1.29 is 93.9 Å². The van der Waals surface area contributed by atoms with E-state index in [1.54, 1.807) is 6.92 Å². The van der Waals surface area contributed by atoms with E-state index in [4.69, 9.17) is 23.7 Å². The molecule has 334 valence electrons. The SMILES string of the molecule is CN[C@@H]1[C@H](O[C@H]2O[C@@H](CO)[C@H](O)[C@@H](O)[C@@H]2O)[C@@H](O)[C@H](O[C@H]2c3cc(C)c(C(=O)NC(C)C(=O)O)c(O)c3-c3c(cc4c(c3O)C(=O)c3cc(OC)cc(O)c3C4=O)[C@@H]2O)O[C@@H]1C. The van der Waals surface area contributed by atoms with Gasteiger partial charge in [0.05, 0.1) is 42.6 Å². The van der Waals surface area contributed by atoms with Gasteiger partial charge in [-0.1, -0.05) is 6.07 Å². The lowest BCUT2D eigenvalue weighted by Gasteiger charge is -2.48. The highest BCUT2D eigenvalue weighted by atomic mass is 16.7. The van der Waals surface area contributed by atoms with Gasteiger partial charge in [0, 0.05) is 28.3 Å². The molecule has 2 aliphatic carbocycles. The zero-order valence-corrected chi connectivity index (χ0v) is 33.7. The summed E-state index contributed by atoms with van der Waals surface area (Å²) in [5.41, 5.74) is -3.55. The topological polar surface area (TPSA) is 341 Å². The number of rotatable bonds is 10. The highest BCUT2D eigenvalue weighted by Gasteiger charge is 2.52. The maximum atomic E-state index is 14.1. The van der Waals surface area contributed by atoms with Gasteiger partial charge in [0.2, 0.25) is 0 Å². The molecule has 12 N–H and O–H groups in total. The van der Waals surface area contributed by atoms with E-state index in [0.29, 0.717) is 0 Å². The lowest BCUT2D eigenvalue weighted by molar-refractivity contribution is -0.351. The van der Waals surface area contributed by atoms with E-state index in [2.05, 4.69) is 10.6 Å². The molecule has 3 aromatic rings. The number of phenols is 3. The number of hydrogen-bond donors (Lipinski definition) is 12. The molecular weight excluding hydrogens is 824 g/mol. The van der Waals surface area contributed by atoms with E-state index in [0.717, 1.165) is 12.1 Å². The van der Waals surface area contributed by atoms with Gasteiger partial charge in [-0.05, 0) is 56.6 Å². The Morgan fingerprint density at radius 1 is 0.806 bits per heavy atom. The molecule has 7 rings (SSSR count). The van der Waals surface area contributed by atoms with Crippen molar-refractivity contribution >= 4 is 23.4 Å². The van der Waals surface area contributed by atoms with Crippen LogP contribution in [-0.2, 0) is 23.7 Å².